The van der Waals surface area contributed by atoms with Crippen LogP contribution in [0.2, 0.25) is 5.02 Å². The van der Waals surface area contributed by atoms with Gasteiger partial charge in [-0.05, 0) is 43.2 Å². The molecule has 1 saturated carbocycles. The minimum absolute atomic E-state index is 0.203. The molecule has 0 aromatic heterocycles. The Morgan fingerprint density at radius 3 is 2.28 bits per heavy atom. The van der Waals surface area contributed by atoms with Crippen LogP contribution < -0.4 is 9.64 Å². The van der Waals surface area contributed by atoms with E-state index < -0.39 is 0 Å². The van der Waals surface area contributed by atoms with Crippen LogP contribution in [0.4, 0.5) is 5.69 Å². The number of hydrogen-bond donors (Lipinski definition) is 0. The Morgan fingerprint density at radius 2 is 1.66 bits per heavy atom. The largest absolute Gasteiger partial charge is 0.483 e. The molecule has 0 N–H and O–H groups in total. The van der Waals surface area contributed by atoms with Gasteiger partial charge in [-0.2, -0.15) is 0 Å². The van der Waals surface area contributed by atoms with E-state index in [0.29, 0.717) is 22.0 Å². The third-order valence-electron chi connectivity index (χ3n) is 5.53. The normalized spacial score (nSPS) is 21.2. The second kappa shape index (κ2) is 8.28. The molecular formula is C22H19BrClNO4. The Bertz CT molecular complexity index is 951. The molecule has 1 saturated heterocycles. The number of ketones is 1. The van der Waals surface area contributed by atoms with Crippen LogP contribution in [-0.2, 0) is 9.59 Å². The predicted molar refractivity (Wildman–Crippen MR) is 113 cm³/mol. The van der Waals surface area contributed by atoms with Crippen molar-refractivity contribution in [3.63, 3.8) is 0 Å². The molecular weight excluding hydrogens is 458 g/mol. The van der Waals surface area contributed by atoms with E-state index in [1.807, 2.05) is 0 Å². The van der Waals surface area contributed by atoms with E-state index in [2.05, 4.69) is 15.9 Å². The van der Waals surface area contributed by atoms with Crippen molar-refractivity contribution >= 4 is 50.8 Å². The lowest BCUT2D eigenvalue weighted by Gasteiger charge is -2.19. The molecule has 2 unspecified atom stereocenters. The second-order valence-electron chi connectivity index (χ2n) is 7.34. The molecule has 0 spiro atoms. The number of carbonyl (C=O) groups is 3. The Balaban J connectivity index is 1.58. The van der Waals surface area contributed by atoms with Gasteiger partial charge in [-0.3, -0.25) is 14.4 Å². The number of benzene rings is 2. The lowest BCUT2D eigenvalue weighted by atomic mass is 9.81. The zero-order chi connectivity index (χ0) is 20.5. The van der Waals surface area contributed by atoms with E-state index in [0.717, 1.165) is 30.2 Å². The van der Waals surface area contributed by atoms with E-state index in [1.54, 1.807) is 42.5 Å². The van der Waals surface area contributed by atoms with Gasteiger partial charge in [0.05, 0.1) is 17.5 Å². The molecule has 7 heteroatoms. The van der Waals surface area contributed by atoms with Gasteiger partial charge in [0.1, 0.15) is 5.75 Å². The molecule has 5 nitrogen and oxygen atoms in total. The SMILES string of the molecule is O=C(COc1ccc(Cl)cc1N1C(=O)C2CCCCC2C1=O)c1ccc(Br)cc1. The average Bonchev–Trinajstić information content (AvgIpc) is 2.98. The summed E-state index contributed by atoms with van der Waals surface area (Å²) >= 11 is 9.48. The van der Waals surface area contributed by atoms with Crippen LogP contribution in [0.3, 0.4) is 0 Å². The molecule has 2 fully saturated rings. The summed E-state index contributed by atoms with van der Waals surface area (Å²) < 4.78 is 6.61. The molecule has 2 aliphatic rings. The summed E-state index contributed by atoms with van der Waals surface area (Å²) in [6.07, 6.45) is 3.36. The van der Waals surface area contributed by atoms with Gasteiger partial charge in [-0.15, -0.1) is 0 Å². The summed E-state index contributed by atoms with van der Waals surface area (Å²) in [6, 6.07) is 11.7. The number of amides is 2. The number of ether oxygens (including phenoxy) is 1. The minimum Gasteiger partial charge on any atom is -0.483 e. The van der Waals surface area contributed by atoms with Crippen molar-refractivity contribution in [3.05, 3.63) is 57.5 Å². The molecule has 150 valence electrons. The molecule has 2 atom stereocenters. The smallest absolute Gasteiger partial charge is 0.237 e. The maximum absolute atomic E-state index is 12.9. The first kappa shape index (κ1) is 20.1. The number of halogens is 2. The first-order valence-corrected chi connectivity index (χ1v) is 10.7. The Kier molecular flexibility index (Phi) is 5.74. The average molecular weight is 477 g/mol. The van der Waals surface area contributed by atoms with Crippen LogP contribution >= 0.6 is 27.5 Å². The molecule has 1 aliphatic heterocycles. The highest BCUT2D eigenvalue weighted by molar-refractivity contribution is 9.10. The van der Waals surface area contributed by atoms with Gasteiger partial charge in [0, 0.05) is 15.1 Å². The highest BCUT2D eigenvalue weighted by Gasteiger charge is 2.49. The summed E-state index contributed by atoms with van der Waals surface area (Å²) in [7, 11) is 0. The van der Waals surface area contributed by atoms with Gasteiger partial charge in [-0.25, -0.2) is 4.90 Å². The Morgan fingerprint density at radius 1 is 1.03 bits per heavy atom. The number of anilines is 1. The van der Waals surface area contributed by atoms with Gasteiger partial charge in [0.2, 0.25) is 11.8 Å². The number of hydrogen-bond acceptors (Lipinski definition) is 4. The molecule has 0 radical (unpaired) electrons. The second-order valence-corrected chi connectivity index (χ2v) is 8.69. The fourth-order valence-corrected chi connectivity index (χ4v) is 4.48. The first-order chi connectivity index (χ1) is 14.0. The van der Waals surface area contributed by atoms with E-state index in [-0.39, 0.29) is 36.0 Å². The van der Waals surface area contributed by atoms with Crippen molar-refractivity contribution in [1.29, 1.82) is 0 Å². The van der Waals surface area contributed by atoms with E-state index in [1.165, 1.54) is 4.90 Å². The minimum atomic E-state index is -0.271. The Hall–Kier alpha value is -2.18. The number of carbonyl (C=O) groups excluding carboxylic acids is 3. The van der Waals surface area contributed by atoms with Crippen LogP contribution in [0.15, 0.2) is 46.9 Å². The van der Waals surface area contributed by atoms with Crippen LogP contribution in [-0.4, -0.2) is 24.2 Å². The molecule has 1 aliphatic carbocycles. The first-order valence-electron chi connectivity index (χ1n) is 9.54. The quantitative estimate of drug-likeness (QED) is 0.448. The van der Waals surface area contributed by atoms with E-state index in [9.17, 15) is 14.4 Å². The van der Waals surface area contributed by atoms with Gasteiger partial charge in [0.25, 0.3) is 0 Å². The Labute approximate surface area is 182 Å². The van der Waals surface area contributed by atoms with E-state index in [4.69, 9.17) is 16.3 Å². The van der Waals surface area contributed by atoms with Gasteiger partial charge in [-0.1, -0.05) is 52.5 Å². The molecule has 1 heterocycles. The van der Waals surface area contributed by atoms with Crippen molar-refractivity contribution in [2.45, 2.75) is 25.7 Å². The van der Waals surface area contributed by atoms with Crippen LogP contribution in [0.5, 0.6) is 5.75 Å². The highest BCUT2D eigenvalue weighted by atomic mass is 79.9. The van der Waals surface area contributed by atoms with Gasteiger partial charge >= 0.3 is 0 Å². The molecule has 29 heavy (non-hydrogen) atoms. The maximum Gasteiger partial charge on any atom is 0.237 e. The summed E-state index contributed by atoms with van der Waals surface area (Å²) in [5.41, 5.74) is 0.827. The highest BCUT2D eigenvalue weighted by Crippen LogP contribution is 2.43. The van der Waals surface area contributed by atoms with E-state index >= 15 is 0 Å². The molecule has 0 bridgehead atoms. The third kappa shape index (κ3) is 3.96. The van der Waals surface area contributed by atoms with Gasteiger partial charge in [0.15, 0.2) is 12.4 Å². The van der Waals surface area contributed by atoms with Crippen molar-refractivity contribution < 1.29 is 19.1 Å². The van der Waals surface area contributed by atoms with Crippen LogP contribution in [0.1, 0.15) is 36.0 Å². The molecule has 2 aromatic carbocycles. The summed E-state index contributed by atoms with van der Waals surface area (Å²) in [5, 5.41) is 0.391. The summed E-state index contributed by atoms with van der Waals surface area (Å²) in [6.45, 7) is -0.209. The fraction of sp³-hybridized carbons (Fsp3) is 0.318. The number of fused-ring (bicyclic) bond motifs is 1. The zero-order valence-electron chi connectivity index (χ0n) is 15.6. The molecule has 4 rings (SSSR count). The lowest BCUT2D eigenvalue weighted by Crippen LogP contribution is -2.31. The standard InChI is InChI=1S/C22H19BrClNO4/c23-14-7-5-13(6-8-14)19(26)12-29-20-10-9-15(24)11-18(20)25-21(27)16-3-1-2-4-17(16)22(25)28/h5-11,16-17H,1-4,12H2. The van der Waals surface area contributed by atoms with Crippen molar-refractivity contribution in [3.8, 4) is 5.75 Å². The van der Waals surface area contributed by atoms with Crippen molar-refractivity contribution in [1.82, 2.24) is 0 Å². The zero-order valence-corrected chi connectivity index (χ0v) is 17.9. The van der Waals surface area contributed by atoms with Gasteiger partial charge < -0.3 is 4.74 Å². The topological polar surface area (TPSA) is 63.7 Å². The van der Waals surface area contributed by atoms with Crippen molar-refractivity contribution in [2.75, 3.05) is 11.5 Å². The monoisotopic (exact) mass is 475 g/mol. The number of nitrogens with zero attached hydrogens (tertiary/aromatic N) is 1. The number of imide groups is 1. The van der Waals surface area contributed by atoms with Crippen LogP contribution in [0.25, 0.3) is 0 Å². The lowest BCUT2D eigenvalue weighted by molar-refractivity contribution is -0.122. The summed E-state index contributed by atoms with van der Waals surface area (Å²) in [4.78, 5) is 39.5. The maximum atomic E-state index is 12.9. The number of rotatable bonds is 5. The fourth-order valence-electron chi connectivity index (χ4n) is 4.05. The third-order valence-corrected chi connectivity index (χ3v) is 6.29. The molecule has 2 amide bonds. The molecule has 2 aromatic rings. The van der Waals surface area contributed by atoms with Crippen LogP contribution in [0, 0.1) is 11.8 Å². The summed E-state index contributed by atoms with van der Waals surface area (Å²) in [5.74, 6) is -0.858. The van der Waals surface area contributed by atoms with Crippen molar-refractivity contribution in [2.24, 2.45) is 11.8 Å². The predicted octanol–water partition coefficient (Wildman–Crippen LogP) is 5.04. The number of Topliss-reactive ketones (excluding diaryl/α,β-unsaturated/α-hetero) is 1.